The first-order valence-electron chi connectivity index (χ1n) is 10.6. The molecule has 31 heavy (non-hydrogen) atoms. The molecule has 0 radical (unpaired) electrons. The van der Waals surface area contributed by atoms with Gasteiger partial charge < -0.3 is 25.3 Å². The van der Waals surface area contributed by atoms with Gasteiger partial charge in [-0.25, -0.2) is 0 Å². The van der Waals surface area contributed by atoms with Crippen LogP contribution >= 0.6 is 12.4 Å². The van der Waals surface area contributed by atoms with E-state index in [1.54, 1.807) is 14.1 Å². The maximum absolute atomic E-state index is 12.7. The second-order valence-electron chi connectivity index (χ2n) is 9.22. The van der Waals surface area contributed by atoms with Gasteiger partial charge >= 0.3 is 7.12 Å². The van der Waals surface area contributed by atoms with Gasteiger partial charge in [0.2, 0.25) is 11.8 Å². The molecule has 1 aromatic rings. The van der Waals surface area contributed by atoms with Crippen molar-refractivity contribution >= 4 is 31.3 Å². The number of halogens is 1. The number of hydrogen-bond acceptors (Lipinski definition) is 5. The van der Waals surface area contributed by atoms with Crippen LogP contribution in [0.15, 0.2) is 30.3 Å². The normalized spacial score (nSPS) is 18.6. The predicted octanol–water partition coefficient (Wildman–Crippen LogP) is 2.35. The molecule has 2 rings (SSSR count). The summed E-state index contributed by atoms with van der Waals surface area (Å²) in [5, 5.41) is 2.98. The zero-order chi connectivity index (χ0) is 22.5. The summed E-state index contributed by atoms with van der Waals surface area (Å²) in [7, 11) is 2.71. The average molecular weight is 454 g/mol. The molecule has 2 amide bonds. The molecule has 3 N–H and O–H groups in total. The lowest BCUT2D eigenvalue weighted by molar-refractivity contribution is -0.132. The van der Waals surface area contributed by atoms with Crippen LogP contribution in [-0.4, -0.2) is 61.1 Å². The Morgan fingerprint density at radius 1 is 1.10 bits per heavy atom. The Labute approximate surface area is 193 Å². The van der Waals surface area contributed by atoms with E-state index < -0.39 is 24.4 Å². The summed E-state index contributed by atoms with van der Waals surface area (Å²) >= 11 is 0. The van der Waals surface area contributed by atoms with Crippen molar-refractivity contribution in [3.05, 3.63) is 35.9 Å². The molecule has 1 aliphatic heterocycles. The van der Waals surface area contributed by atoms with Gasteiger partial charge in [0.25, 0.3) is 0 Å². The molecule has 1 fully saturated rings. The average Bonchev–Trinajstić information content (AvgIpc) is 2.88. The van der Waals surface area contributed by atoms with E-state index in [2.05, 4.69) is 17.4 Å². The van der Waals surface area contributed by atoms with E-state index in [0.717, 1.165) is 12.8 Å². The molecule has 1 aliphatic rings. The van der Waals surface area contributed by atoms with Gasteiger partial charge in [-0.1, -0.05) is 30.3 Å². The Hall–Kier alpha value is -1.61. The molecule has 174 valence electrons. The second-order valence-corrected chi connectivity index (χ2v) is 9.22. The minimum absolute atomic E-state index is 0. The Morgan fingerprint density at radius 2 is 1.65 bits per heavy atom. The Kier molecular flexibility index (Phi) is 10.0. The molecular formula is C22H37BClN3O4. The number of carbonyl (C=O) groups excluding carboxylic acids is 2. The van der Waals surface area contributed by atoms with E-state index in [0.29, 0.717) is 6.42 Å². The van der Waals surface area contributed by atoms with Crippen LogP contribution < -0.4 is 11.1 Å². The fraction of sp³-hybridized carbons (Fsp3) is 0.636. The third-order valence-electron chi connectivity index (χ3n) is 5.98. The van der Waals surface area contributed by atoms with Crippen LogP contribution in [0.1, 0.15) is 52.5 Å². The van der Waals surface area contributed by atoms with Crippen molar-refractivity contribution in [2.45, 2.75) is 76.6 Å². The number of rotatable bonds is 9. The summed E-state index contributed by atoms with van der Waals surface area (Å²) in [4.78, 5) is 26.1. The van der Waals surface area contributed by atoms with Gasteiger partial charge in [0.05, 0.1) is 29.6 Å². The zero-order valence-electron chi connectivity index (χ0n) is 19.5. The molecule has 9 heteroatoms. The van der Waals surface area contributed by atoms with E-state index in [-0.39, 0.29) is 36.6 Å². The van der Waals surface area contributed by atoms with Crippen LogP contribution in [0.2, 0.25) is 0 Å². The van der Waals surface area contributed by atoms with Crippen molar-refractivity contribution in [2.75, 3.05) is 14.1 Å². The molecule has 7 nitrogen and oxygen atoms in total. The third kappa shape index (κ3) is 7.49. The van der Waals surface area contributed by atoms with E-state index in [9.17, 15) is 9.59 Å². The first-order valence-corrected chi connectivity index (χ1v) is 10.6. The second kappa shape index (κ2) is 11.3. The van der Waals surface area contributed by atoms with Gasteiger partial charge in [-0.15, -0.1) is 12.4 Å². The molecule has 2 atom stereocenters. The number of nitrogens with zero attached hydrogens (tertiary/aromatic N) is 1. The number of hydrogen-bond donors (Lipinski definition) is 2. The van der Waals surface area contributed by atoms with Gasteiger partial charge in [-0.2, -0.15) is 0 Å². The lowest BCUT2D eigenvalue weighted by atomic mass is 9.75. The Morgan fingerprint density at radius 3 is 2.16 bits per heavy atom. The number of nitrogens with two attached hydrogens (primary N) is 1. The minimum atomic E-state index is -0.918. The quantitative estimate of drug-likeness (QED) is 0.560. The van der Waals surface area contributed by atoms with E-state index >= 15 is 0 Å². The van der Waals surface area contributed by atoms with Gasteiger partial charge in [0.1, 0.15) is 0 Å². The van der Waals surface area contributed by atoms with Crippen molar-refractivity contribution in [3.63, 3.8) is 0 Å². The number of carbonyl (C=O) groups is 2. The highest BCUT2D eigenvalue weighted by Crippen LogP contribution is 2.38. The molecule has 1 saturated heterocycles. The van der Waals surface area contributed by atoms with Gasteiger partial charge in [0.15, 0.2) is 0 Å². The topological polar surface area (TPSA) is 93.9 Å². The lowest BCUT2D eigenvalue weighted by Gasteiger charge is -2.32. The summed E-state index contributed by atoms with van der Waals surface area (Å²) in [6, 6.07) is 9.29. The first kappa shape index (κ1) is 27.4. The standard InChI is InChI=1S/C22H36BN3O4.ClH/c1-21(2)22(3,4)30-23(29-21)18(14-10-13-16-11-8-7-9-12-16)25-20(28)17(24)15-19(27)26(5)6;/h7-9,11-12,17-18H,10,13-15,24H2,1-6H3,(H,25,28);1H/t17-,18+;/m1./s1. The highest BCUT2D eigenvalue weighted by Gasteiger charge is 2.54. The van der Waals surface area contributed by atoms with Crippen LogP contribution in [-0.2, 0) is 25.3 Å². The molecular weight excluding hydrogens is 417 g/mol. The molecule has 1 aromatic carbocycles. The maximum Gasteiger partial charge on any atom is 0.481 e. The number of amides is 2. The summed E-state index contributed by atoms with van der Waals surface area (Å²) in [5.41, 5.74) is 6.23. The first-order chi connectivity index (χ1) is 13.9. The summed E-state index contributed by atoms with van der Waals surface area (Å²) in [5.74, 6) is -0.915. The summed E-state index contributed by atoms with van der Waals surface area (Å²) < 4.78 is 12.4. The van der Waals surface area contributed by atoms with E-state index in [1.807, 2.05) is 45.9 Å². The fourth-order valence-corrected chi connectivity index (χ4v) is 3.25. The molecule has 0 bridgehead atoms. The molecule has 0 unspecified atom stereocenters. The number of aryl methyl sites for hydroxylation is 1. The molecule has 0 saturated carbocycles. The van der Waals surface area contributed by atoms with Crippen LogP contribution in [0.3, 0.4) is 0 Å². The van der Waals surface area contributed by atoms with Crippen molar-refractivity contribution < 1.29 is 18.9 Å². The van der Waals surface area contributed by atoms with Crippen molar-refractivity contribution in [1.29, 1.82) is 0 Å². The molecule has 0 aliphatic carbocycles. The van der Waals surface area contributed by atoms with Crippen molar-refractivity contribution in [3.8, 4) is 0 Å². The highest BCUT2D eigenvalue weighted by molar-refractivity contribution is 6.48. The van der Waals surface area contributed by atoms with Crippen LogP contribution in [0.5, 0.6) is 0 Å². The third-order valence-corrected chi connectivity index (χ3v) is 5.98. The van der Waals surface area contributed by atoms with Gasteiger partial charge in [-0.05, 0) is 52.5 Å². The van der Waals surface area contributed by atoms with Crippen LogP contribution in [0.25, 0.3) is 0 Å². The number of nitrogens with one attached hydrogen (secondary N) is 1. The van der Waals surface area contributed by atoms with Crippen molar-refractivity contribution in [1.82, 2.24) is 10.2 Å². The predicted molar refractivity (Wildman–Crippen MR) is 126 cm³/mol. The zero-order valence-corrected chi connectivity index (χ0v) is 20.3. The SMILES string of the molecule is CN(C)C(=O)C[C@@H](N)C(=O)N[C@@H](CCCc1ccccc1)B1OC(C)(C)C(C)(C)O1.Cl. The van der Waals surface area contributed by atoms with E-state index in [1.165, 1.54) is 10.5 Å². The van der Waals surface area contributed by atoms with Crippen LogP contribution in [0, 0.1) is 0 Å². The molecule has 0 spiro atoms. The highest BCUT2D eigenvalue weighted by atomic mass is 35.5. The smallest absolute Gasteiger partial charge is 0.402 e. The summed E-state index contributed by atoms with van der Waals surface area (Å²) in [6.07, 6.45) is 2.37. The van der Waals surface area contributed by atoms with Crippen molar-refractivity contribution in [2.24, 2.45) is 5.73 Å². The molecule has 0 aromatic heterocycles. The Balaban J connectivity index is 0.00000480. The largest absolute Gasteiger partial charge is 0.481 e. The monoisotopic (exact) mass is 453 g/mol. The van der Waals surface area contributed by atoms with E-state index in [4.69, 9.17) is 15.0 Å². The number of benzene rings is 1. The minimum Gasteiger partial charge on any atom is -0.402 e. The van der Waals surface area contributed by atoms with Gasteiger partial charge in [0, 0.05) is 14.1 Å². The maximum atomic E-state index is 12.7. The lowest BCUT2D eigenvalue weighted by Crippen LogP contribution is -2.53. The Bertz CT molecular complexity index is 715. The van der Waals surface area contributed by atoms with Gasteiger partial charge in [-0.3, -0.25) is 9.59 Å². The molecule has 1 heterocycles. The van der Waals surface area contributed by atoms with Crippen LogP contribution in [0.4, 0.5) is 0 Å². The summed E-state index contributed by atoms with van der Waals surface area (Å²) in [6.45, 7) is 7.93. The fourth-order valence-electron chi connectivity index (χ4n) is 3.25.